The van der Waals surface area contributed by atoms with E-state index in [0.717, 1.165) is 12.0 Å². The molecule has 0 saturated carbocycles. The predicted octanol–water partition coefficient (Wildman–Crippen LogP) is 4.20. The van der Waals surface area contributed by atoms with Crippen LogP contribution in [0.2, 0.25) is 0 Å². The Morgan fingerprint density at radius 2 is 1.84 bits per heavy atom. The summed E-state index contributed by atoms with van der Waals surface area (Å²) in [5, 5.41) is 8.82. The largest absolute Gasteiger partial charge is 0.504 e. The maximum absolute atomic E-state index is 12.6. The fourth-order valence-electron chi connectivity index (χ4n) is 2.44. The minimum Gasteiger partial charge on any atom is -0.504 e. The van der Waals surface area contributed by atoms with Gasteiger partial charge in [-0.05, 0) is 49.6 Å². The van der Waals surface area contributed by atoms with Crippen molar-refractivity contribution in [1.82, 2.24) is 0 Å². The van der Waals surface area contributed by atoms with Gasteiger partial charge in [0.1, 0.15) is 5.16 Å². The first-order valence-corrected chi connectivity index (χ1v) is 9.55. The minimum absolute atomic E-state index is 0.108. The van der Waals surface area contributed by atoms with Gasteiger partial charge in [-0.1, -0.05) is 19.4 Å². The molecule has 0 spiro atoms. The van der Waals surface area contributed by atoms with E-state index in [-0.39, 0.29) is 11.5 Å². The molecule has 0 radical (unpaired) electrons. The third-order valence-corrected chi connectivity index (χ3v) is 6.66. The van der Waals surface area contributed by atoms with E-state index < -0.39 is 12.8 Å². The third kappa shape index (κ3) is 4.51. The number of aryl methyl sites for hydroxylation is 1. The molecule has 0 saturated heterocycles. The molecule has 0 aromatic heterocycles. The van der Waals surface area contributed by atoms with Crippen molar-refractivity contribution in [3.63, 3.8) is 0 Å². The van der Waals surface area contributed by atoms with Crippen LogP contribution in [0.3, 0.4) is 0 Å². The summed E-state index contributed by atoms with van der Waals surface area (Å²) in [6.07, 6.45) is 4.49. The van der Waals surface area contributed by atoms with Crippen molar-refractivity contribution in [2.24, 2.45) is 0 Å². The van der Waals surface area contributed by atoms with Crippen molar-refractivity contribution in [1.29, 1.82) is 0 Å². The van der Waals surface area contributed by atoms with Gasteiger partial charge in [-0.3, -0.25) is 9.36 Å². The smallest absolute Gasteiger partial charge is 0.343 e. The van der Waals surface area contributed by atoms with Gasteiger partial charge in [0.15, 0.2) is 17.3 Å². The summed E-state index contributed by atoms with van der Waals surface area (Å²) in [4.78, 5) is 12.5. The van der Waals surface area contributed by atoms with Gasteiger partial charge < -0.3 is 18.9 Å². The van der Waals surface area contributed by atoms with Gasteiger partial charge in [-0.15, -0.1) is 0 Å². The lowest BCUT2D eigenvalue weighted by molar-refractivity contribution is -0.116. The molecule has 1 rings (SSSR count). The Hall–Kier alpha value is -1.62. The number of hydrogen-bond donors (Lipinski definition) is 1. The van der Waals surface area contributed by atoms with Crippen LogP contribution in [0.15, 0.2) is 18.2 Å². The van der Waals surface area contributed by atoms with Crippen LogP contribution < -0.4 is 4.74 Å². The Bertz CT molecular complexity index is 685. The zero-order chi connectivity index (χ0) is 19.3. The van der Waals surface area contributed by atoms with Gasteiger partial charge in [0.05, 0.1) is 7.11 Å². The Morgan fingerprint density at radius 3 is 2.32 bits per heavy atom. The number of phenolic OH excluding ortho intramolecular Hbond substituents is 1. The maximum atomic E-state index is 12.6. The normalized spacial score (nSPS) is 12.6. The van der Waals surface area contributed by atoms with Crippen LogP contribution in [0.5, 0.6) is 11.5 Å². The molecule has 140 valence electrons. The number of aromatic hydroxyl groups is 1. The number of ether oxygens (including phenoxy) is 1. The van der Waals surface area contributed by atoms with Crippen molar-refractivity contribution < 1.29 is 28.3 Å². The zero-order valence-corrected chi connectivity index (χ0v) is 16.6. The molecule has 0 aliphatic heterocycles. The summed E-state index contributed by atoms with van der Waals surface area (Å²) >= 11 is 0. The highest BCUT2D eigenvalue weighted by Crippen LogP contribution is 2.59. The second-order valence-electron chi connectivity index (χ2n) is 6.10. The van der Waals surface area contributed by atoms with Gasteiger partial charge in [-0.25, -0.2) is 0 Å². The van der Waals surface area contributed by atoms with Crippen LogP contribution in [0, 0.1) is 0 Å². The van der Waals surface area contributed by atoms with Crippen LogP contribution in [0.4, 0.5) is 0 Å². The highest BCUT2D eigenvalue weighted by molar-refractivity contribution is 7.56. The Kier molecular flexibility index (Phi) is 7.42. The average Bonchev–Trinajstić information content (AvgIpc) is 2.60. The Morgan fingerprint density at radius 1 is 1.24 bits per heavy atom. The van der Waals surface area contributed by atoms with Crippen molar-refractivity contribution in [3.05, 3.63) is 29.3 Å². The van der Waals surface area contributed by atoms with Crippen molar-refractivity contribution in [2.75, 3.05) is 21.3 Å². The fraction of sp³-hybridized carbons (Fsp3) is 0.500. The first kappa shape index (κ1) is 21.4. The van der Waals surface area contributed by atoms with Crippen LogP contribution >= 0.6 is 7.60 Å². The number of carbonyl (C=O) groups is 1. The first-order chi connectivity index (χ1) is 11.7. The molecule has 0 atom stereocenters. The van der Waals surface area contributed by atoms with E-state index in [1.807, 2.05) is 6.92 Å². The molecule has 0 heterocycles. The molecule has 1 aromatic rings. The summed E-state index contributed by atoms with van der Waals surface area (Å²) in [7, 11) is 0.412. The van der Waals surface area contributed by atoms with E-state index in [1.54, 1.807) is 18.2 Å². The SMILES string of the molecule is CCCc1cc(/C=C/C(=O)C(C)(C)P(=O)(OC)OC)cc(OC)c1O. The highest BCUT2D eigenvalue weighted by atomic mass is 31.2. The van der Waals surface area contributed by atoms with Gasteiger partial charge in [0, 0.05) is 14.2 Å². The van der Waals surface area contributed by atoms with E-state index in [0.29, 0.717) is 17.7 Å². The van der Waals surface area contributed by atoms with Crippen molar-refractivity contribution in [2.45, 2.75) is 38.8 Å². The van der Waals surface area contributed by atoms with Gasteiger partial charge in [-0.2, -0.15) is 0 Å². The Labute approximate surface area is 149 Å². The fourth-order valence-corrected chi connectivity index (χ4v) is 3.85. The molecule has 25 heavy (non-hydrogen) atoms. The standard InChI is InChI=1S/C18H27O6P/c1-7-8-14-11-13(12-15(22-4)17(14)20)9-10-16(19)18(2,3)25(21,23-5)24-6/h9-12,20H,7-8H2,1-6H3/b10-9+. The minimum atomic E-state index is -3.57. The molecule has 1 N–H and O–H groups in total. The summed E-state index contributed by atoms with van der Waals surface area (Å²) in [6, 6.07) is 3.43. The van der Waals surface area contributed by atoms with Crippen molar-refractivity contribution in [3.8, 4) is 11.5 Å². The quantitative estimate of drug-likeness (QED) is 0.518. The van der Waals surface area contributed by atoms with E-state index >= 15 is 0 Å². The summed E-state index contributed by atoms with van der Waals surface area (Å²) < 4.78 is 27.6. The molecule has 0 fully saturated rings. The molecule has 0 aliphatic rings. The topological polar surface area (TPSA) is 82.1 Å². The van der Waals surface area contributed by atoms with Crippen LogP contribution in [-0.4, -0.2) is 37.4 Å². The second kappa shape index (κ2) is 8.65. The van der Waals surface area contributed by atoms with Gasteiger partial charge in [0.25, 0.3) is 0 Å². The lowest BCUT2D eigenvalue weighted by Crippen LogP contribution is -2.31. The maximum Gasteiger partial charge on any atom is 0.343 e. The number of rotatable bonds is 9. The number of carbonyl (C=O) groups excluding carboxylic acids is 1. The molecule has 0 unspecified atom stereocenters. The van der Waals surface area contributed by atoms with E-state index in [1.165, 1.54) is 41.3 Å². The number of phenols is 1. The number of methoxy groups -OCH3 is 1. The molecular formula is C18H27O6P. The van der Waals surface area contributed by atoms with E-state index in [9.17, 15) is 14.5 Å². The van der Waals surface area contributed by atoms with Crippen LogP contribution in [0.1, 0.15) is 38.3 Å². The van der Waals surface area contributed by atoms with Gasteiger partial charge in [0.2, 0.25) is 0 Å². The van der Waals surface area contributed by atoms with E-state index in [2.05, 4.69) is 0 Å². The molecule has 0 bridgehead atoms. The summed E-state index contributed by atoms with van der Waals surface area (Å²) in [6.45, 7) is 5.05. The molecule has 0 aliphatic carbocycles. The predicted molar refractivity (Wildman–Crippen MR) is 98.4 cm³/mol. The number of allylic oxidation sites excluding steroid dienone is 1. The third-order valence-electron chi connectivity index (χ3n) is 4.11. The summed E-state index contributed by atoms with van der Waals surface area (Å²) in [5.41, 5.74) is 1.44. The lowest BCUT2D eigenvalue weighted by Gasteiger charge is -2.28. The van der Waals surface area contributed by atoms with Gasteiger partial charge >= 0.3 is 7.60 Å². The second-order valence-corrected chi connectivity index (χ2v) is 8.94. The average molecular weight is 370 g/mol. The first-order valence-electron chi connectivity index (χ1n) is 8.00. The number of hydrogen-bond acceptors (Lipinski definition) is 6. The summed E-state index contributed by atoms with van der Waals surface area (Å²) in [5.74, 6) is 0.0665. The Balaban J connectivity index is 3.18. The van der Waals surface area contributed by atoms with Crippen LogP contribution in [-0.2, 0) is 24.8 Å². The monoisotopic (exact) mass is 370 g/mol. The number of benzene rings is 1. The zero-order valence-electron chi connectivity index (χ0n) is 15.7. The molecular weight excluding hydrogens is 343 g/mol. The highest BCUT2D eigenvalue weighted by Gasteiger charge is 2.46. The number of ketones is 1. The molecule has 7 heteroatoms. The molecule has 0 amide bonds. The molecule has 6 nitrogen and oxygen atoms in total. The lowest BCUT2D eigenvalue weighted by atomic mass is 10.0. The molecule has 1 aromatic carbocycles. The van der Waals surface area contributed by atoms with Crippen LogP contribution in [0.25, 0.3) is 6.08 Å². The van der Waals surface area contributed by atoms with E-state index in [4.69, 9.17) is 13.8 Å². The van der Waals surface area contributed by atoms with Crippen molar-refractivity contribution >= 4 is 19.5 Å².